The lowest BCUT2D eigenvalue weighted by Crippen LogP contribution is -2.55. The number of likely N-dealkylation sites (tertiary alicyclic amines) is 2. The molecule has 2 fully saturated rings. The predicted octanol–water partition coefficient (Wildman–Crippen LogP) is 3.82. The number of anilines is 1. The Balaban J connectivity index is 1.62. The van der Waals surface area contributed by atoms with Gasteiger partial charge < -0.3 is 14.7 Å². The van der Waals surface area contributed by atoms with Gasteiger partial charge in [0.25, 0.3) is 0 Å². The Morgan fingerprint density at radius 2 is 1.85 bits per heavy atom. The molecule has 1 aromatic carbocycles. The van der Waals surface area contributed by atoms with Crippen LogP contribution >= 0.6 is 0 Å². The van der Waals surface area contributed by atoms with E-state index >= 15 is 0 Å². The van der Waals surface area contributed by atoms with Crippen LogP contribution in [0.15, 0.2) is 30.3 Å². The summed E-state index contributed by atoms with van der Waals surface area (Å²) in [5.41, 5.74) is 1.04. The lowest BCUT2D eigenvalue weighted by atomic mass is 9.71. The number of hydrogen-bond donors (Lipinski definition) is 0. The molecule has 7 heteroatoms. The number of amides is 1. The molecule has 1 amide bonds. The Kier molecular flexibility index (Phi) is 6.94. The SMILES string of the molecule is Cc1cc(N(C)C)nc([C@]2(C)CCCN(C(=O)C3(Cc4cccc(F)c4)CCN(C)CC3)C2)n1. The molecule has 0 aliphatic carbocycles. The molecule has 6 nitrogen and oxygen atoms in total. The van der Waals surface area contributed by atoms with Gasteiger partial charge in [0.15, 0.2) is 0 Å². The number of rotatable bonds is 5. The molecule has 0 spiro atoms. The molecular weight excluding hydrogens is 429 g/mol. The van der Waals surface area contributed by atoms with Crippen LogP contribution in [0.5, 0.6) is 0 Å². The number of aromatic nitrogens is 2. The molecule has 1 atom stereocenters. The molecule has 0 unspecified atom stereocenters. The molecule has 184 valence electrons. The van der Waals surface area contributed by atoms with Crippen LogP contribution in [0.1, 0.15) is 49.7 Å². The molecule has 3 heterocycles. The molecular formula is C27H38FN5O. The zero-order valence-corrected chi connectivity index (χ0v) is 21.3. The average molecular weight is 468 g/mol. The van der Waals surface area contributed by atoms with Crippen molar-refractivity contribution in [2.45, 2.75) is 51.4 Å². The summed E-state index contributed by atoms with van der Waals surface area (Å²) in [5, 5.41) is 0. The Hall–Kier alpha value is -2.54. The van der Waals surface area contributed by atoms with E-state index in [1.54, 1.807) is 12.1 Å². The summed E-state index contributed by atoms with van der Waals surface area (Å²) in [6.07, 6.45) is 4.03. The van der Waals surface area contributed by atoms with Crippen LogP contribution < -0.4 is 4.90 Å². The highest BCUT2D eigenvalue weighted by molar-refractivity contribution is 5.83. The summed E-state index contributed by atoms with van der Waals surface area (Å²) < 4.78 is 14.0. The van der Waals surface area contributed by atoms with Gasteiger partial charge in [0.05, 0.1) is 5.41 Å². The molecule has 2 aromatic rings. The standard InChI is InChI=1S/C27H38FN5O/c1-20-16-23(31(3)4)30-24(29-20)26(2)10-7-13-33(19-26)25(34)27(11-14-32(5)15-12-27)18-21-8-6-9-22(28)17-21/h6,8-9,16-17H,7,10-15,18-19H2,1-5H3/t26-/m1/s1. The maximum absolute atomic E-state index is 14.2. The van der Waals surface area contributed by atoms with Gasteiger partial charge in [-0.1, -0.05) is 19.1 Å². The van der Waals surface area contributed by atoms with Gasteiger partial charge in [-0.25, -0.2) is 14.4 Å². The maximum atomic E-state index is 14.2. The van der Waals surface area contributed by atoms with Crippen LogP contribution in [0.2, 0.25) is 0 Å². The van der Waals surface area contributed by atoms with Crippen LogP contribution in [0.4, 0.5) is 10.2 Å². The number of carbonyl (C=O) groups excluding carboxylic acids is 1. The minimum Gasteiger partial charge on any atom is -0.363 e. The first kappa shape index (κ1) is 24.6. The summed E-state index contributed by atoms with van der Waals surface area (Å²) in [5.74, 6) is 1.67. The summed E-state index contributed by atoms with van der Waals surface area (Å²) in [6.45, 7) is 7.30. The highest BCUT2D eigenvalue weighted by Crippen LogP contribution is 2.40. The summed E-state index contributed by atoms with van der Waals surface area (Å²) in [6, 6.07) is 8.72. The molecule has 4 rings (SSSR count). The topological polar surface area (TPSA) is 52.6 Å². The van der Waals surface area contributed by atoms with Gasteiger partial charge in [0, 0.05) is 44.4 Å². The molecule has 0 bridgehead atoms. The number of hydrogen-bond acceptors (Lipinski definition) is 5. The van der Waals surface area contributed by atoms with Crippen molar-refractivity contribution in [1.82, 2.24) is 19.8 Å². The third kappa shape index (κ3) is 5.09. The Morgan fingerprint density at radius 1 is 1.12 bits per heavy atom. The van der Waals surface area contributed by atoms with Gasteiger partial charge in [-0.3, -0.25) is 4.79 Å². The normalized spacial score (nSPS) is 23.1. The average Bonchev–Trinajstić information content (AvgIpc) is 2.80. The first-order chi connectivity index (χ1) is 16.1. The number of benzene rings is 1. The molecule has 0 saturated carbocycles. The second-order valence-electron chi connectivity index (χ2n) is 10.9. The Labute approximate surface area is 203 Å². The highest BCUT2D eigenvalue weighted by Gasteiger charge is 2.46. The third-order valence-electron chi connectivity index (χ3n) is 7.65. The van der Waals surface area contributed by atoms with Gasteiger partial charge in [-0.05, 0) is 76.9 Å². The molecule has 1 aromatic heterocycles. The fourth-order valence-electron chi connectivity index (χ4n) is 5.53. The van der Waals surface area contributed by atoms with Crippen LogP contribution in [-0.4, -0.2) is 73.0 Å². The van der Waals surface area contributed by atoms with E-state index in [0.717, 1.165) is 68.2 Å². The second-order valence-corrected chi connectivity index (χ2v) is 10.9. The molecule has 2 saturated heterocycles. The van der Waals surface area contributed by atoms with E-state index in [2.05, 4.69) is 23.8 Å². The van der Waals surface area contributed by atoms with E-state index in [1.807, 2.05) is 38.1 Å². The van der Waals surface area contributed by atoms with Crippen molar-refractivity contribution in [3.05, 3.63) is 53.2 Å². The quantitative estimate of drug-likeness (QED) is 0.669. The van der Waals surface area contributed by atoms with Crippen LogP contribution in [0.3, 0.4) is 0 Å². The summed E-state index contributed by atoms with van der Waals surface area (Å²) in [4.78, 5) is 30.2. The number of piperidine rings is 2. The lowest BCUT2D eigenvalue weighted by molar-refractivity contribution is -0.147. The lowest BCUT2D eigenvalue weighted by Gasteiger charge is -2.46. The highest BCUT2D eigenvalue weighted by atomic mass is 19.1. The largest absolute Gasteiger partial charge is 0.363 e. The van der Waals surface area contributed by atoms with E-state index in [0.29, 0.717) is 13.0 Å². The van der Waals surface area contributed by atoms with E-state index < -0.39 is 5.41 Å². The van der Waals surface area contributed by atoms with Gasteiger partial charge in [-0.2, -0.15) is 0 Å². The van der Waals surface area contributed by atoms with Gasteiger partial charge in [-0.15, -0.1) is 0 Å². The molecule has 34 heavy (non-hydrogen) atoms. The van der Waals surface area contributed by atoms with Crippen molar-refractivity contribution >= 4 is 11.7 Å². The van der Waals surface area contributed by atoms with Crippen LogP contribution in [0.25, 0.3) is 0 Å². The second kappa shape index (κ2) is 9.61. The minimum atomic E-state index is -0.499. The Morgan fingerprint density at radius 3 is 2.53 bits per heavy atom. The van der Waals surface area contributed by atoms with Crippen molar-refractivity contribution in [2.75, 3.05) is 52.2 Å². The van der Waals surface area contributed by atoms with E-state index in [1.165, 1.54) is 6.07 Å². The zero-order chi connectivity index (χ0) is 24.5. The number of nitrogens with zero attached hydrogens (tertiary/aromatic N) is 5. The summed E-state index contributed by atoms with van der Waals surface area (Å²) in [7, 11) is 6.08. The predicted molar refractivity (Wildman–Crippen MR) is 134 cm³/mol. The van der Waals surface area contributed by atoms with Gasteiger partial charge in [0.1, 0.15) is 17.5 Å². The van der Waals surface area contributed by atoms with Crippen molar-refractivity contribution < 1.29 is 9.18 Å². The molecule has 0 radical (unpaired) electrons. The zero-order valence-electron chi connectivity index (χ0n) is 21.3. The first-order valence-corrected chi connectivity index (χ1v) is 12.4. The van der Waals surface area contributed by atoms with E-state index in [9.17, 15) is 9.18 Å². The van der Waals surface area contributed by atoms with Crippen molar-refractivity contribution in [2.24, 2.45) is 5.41 Å². The van der Waals surface area contributed by atoms with Gasteiger partial charge >= 0.3 is 0 Å². The van der Waals surface area contributed by atoms with Crippen molar-refractivity contribution in [3.8, 4) is 0 Å². The monoisotopic (exact) mass is 467 g/mol. The minimum absolute atomic E-state index is 0.205. The van der Waals surface area contributed by atoms with E-state index in [4.69, 9.17) is 9.97 Å². The number of halogens is 1. The third-order valence-corrected chi connectivity index (χ3v) is 7.65. The fourth-order valence-corrected chi connectivity index (χ4v) is 5.53. The molecule has 2 aliphatic rings. The summed E-state index contributed by atoms with van der Waals surface area (Å²) >= 11 is 0. The van der Waals surface area contributed by atoms with Gasteiger partial charge in [0.2, 0.25) is 5.91 Å². The molecule has 2 aliphatic heterocycles. The number of carbonyl (C=O) groups is 1. The Bertz CT molecular complexity index is 1030. The van der Waals surface area contributed by atoms with Crippen molar-refractivity contribution in [1.29, 1.82) is 0 Å². The van der Waals surface area contributed by atoms with Crippen LogP contribution in [0, 0.1) is 18.2 Å². The van der Waals surface area contributed by atoms with Crippen molar-refractivity contribution in [3.63, 3.8) is 0 Å². The van der Waals surface area contributed by atoms with Crippen LogP contribution in [-0.2, 0) is 16.6 Å². The molecule has 0 N–H and O–H groups in total. The fraction of sp³-hybridized carbons (Fsp3) is 0.593. The number of aryl methyl sites for hydroxylation is 1. The maximum Gasteiger partial charge on any atom is 0.229 e. The first-order valence-electron chi connectivity index (χ1n) is 12.4. The smallest absolute Gasteiger partial charge is 0.229 e. The van der Waals surface area contributed by atoms with E-state index in [-0.39, 0.29) is 17.1 Å².